The highest BCUT2D eigenvalue weighted by Crippen LogP contribution is 2.15. The topological polar surface area (TPSA) is 75.2 Å². The molecule has 6 nitrogen and oxygen atoms in total. The summed E-state index contributed by atoms with van der Waals surface area (Å²) in [5.74, 6) is -0.0574. The van der Waals surface area contributed by atoms with E-state index in [1.54, 1.807) is 0 Å². The van der Waals surface area contributed by atoms with Crippen molar-refractivity contribution in [2.45, 2.75) is 18.9 Å². The molecule has 2 rings (SSSR count). The van der Waals surface area contributed by atoms with Gasteiger partial charge in [-0.25, -0.2) is 27.5 Å². The number of anilines is 1. The fourth-order valence-electron chi connectivity index (χ4n) is 2.03. The molecule has 2 heterocycles. The number of hydrogen-bond donors (Lipinski definition) is 1. The Morgan fingerprint density at radius 2 is 2.11 bits per heavy atom. The number of sulfonamides is 1. The summed E-state index contributed by atoms with van der Waals surface area (Å²) in [6.45, 7) is 1.24. The highest BCUT2D eigenvalue weighted by molar-refractivity contribution is 7.88. The number of aromatic nitrogens is 2. The lowest BCUT2D eigenvalue weighted by Crippen LogP contribution is -2.47. The van der Waals surface area contributed by atoms with Gasteiger partial charge in [-0.15, -0.1) is 0 Å². The van der Waals surface area contributed by atoms with Crippen LogP contribution in [0, 0.1) is 5.82 Å². The molecular weight excluding hydrogens is 259 g/mol. The summed E-state index contributed by atoms with van der Waals surface area (Å²) in [4.78, 5) is 9.64. The van der Waals surface area contributed by atoms with E-state index in [4.69, 9.17) is 0 Å². The molecule has 8 heteroatoms. The lowest BCUT2D eigenvalue weighted by Gasteiger charge is -2.32. The molecule has 0 bridgehead atoms. The molecular formula is C10H15FN4O2S. The molecule has 1 fully saturated rings. The maximum absolute atomic E-state index is 12.7. The first-order valence-electron chi connectivity index (χ1n) is 5.64. The third-order valence-corrected chi connectivity index (χ3v) is 3.45. The Morgan fingerprint density at radius 3 is 2.72 bits per heavy atom. The van der Waals surface area contributed by atoms with Gasteiger partial charge in [-0.05, 0) is 12.8 Å². The van der Waals surface area contributed by atoms with Crippen molar-refractivity contribution in [3.8, 4) is 0 Å². The quantitative estimate of drug-likeness (QED) is 0.848. The number of nitrogens with one attached hydrogen (secondary N) is 1. The van der Waals surface area contributed by atoms with Gasteiger partial charge in [0.25, 0.3) is 0 Å². The predicted octanol–water partition coefficient (Wildman–Crippen LogP) is 0.134. The zero-order valence-corrected chi connectivity index (χ0v) is 10.8. The van der Waals surface area contributed by atoms with E-state index in [1.165, 1.54) is 0 Å². The lowest BCUT2D eigenvalue weighted by atomic mass is 10.1. The van der Waals surface area contributed by atoms with E-state index in [0.29, 0.717) is 12.5 Å². The van der Waals surface area contributed by atoms with Crippen molar-refractivity contribution in [1.82, 2.24) is 14.7 Å². The molecule has 0 amide bonds. The van der Waals surface area contributed by atoms with Crippen molar-refractivity contribution in [3.05, 3.63) is 18.2 Å². The van der Waals surface area contributed by atoms with Gasteiger partial charge < -0.3 is 4.90 Å². The molecule has 1 aromatic heterocycles. The van der Waals surface area contributed by atoms with Crippen molar-refractivity contribution in [2.24, 2.45) is 0 Å². The minimum absolute atomic E-state index is 0.151. The van der Waals surface area contributed by atoms with E-state index in [9.17, 15) is 12.8 Å². The Bertz CT molecular complexity index is 505. The average molecular weight is 274 g/mol. The van der Waals surface area contributed by atoms with Crippen LogP contribution in [0.3, 0.4) is 0 Å². The van der Waals surface area contributed by atoms with E-state index < -0.39 is 15.8 Å². The summed E-state index contributed by atoms with van der Waals surface area (Å²) < 4.78 is 37.6. The van der Waals surface area contributed by atoms with E-state index in [-0.39, 0.29) is 6.04 Å². The maximum Gasteiger partial charge on any atom is 0.225 e. The smallest absolute Gasteiger partial charge is 0.225 e. The van der Waals surface area contributed by atoms with E-state index in [1.807, 2.05) is 4.90 Å². The van der Waals surface area contributed by atoms with Crippen LogP contribution in [0.15, 0.2) is 12.4 Å². The van der Waals surface area contributed by atoms with Gasteiger partial charge in [0, 0.05) is 19.1 Å². The Labute approximate surface area is 105 Å². The molecule has 1 aromatic rings. The summed E-state index contributed by atoms with van der Waals surface area (Å²) >= 11 is 0. The van der Waals surface area contributed by atoms with Crippen LogP contribution < -0.4 is 9.62 Å². The Morgan fingerprint density at radius 1 is 1.44 bits per heavy atom. The number of hydrogen-bond acceptors (Lipinski definition) is 5. The first-order chi connectivity index (χ1) is 8.44. The highest BCUT2D eigenvalue weighted by atomic mass is 32.2. The highest BCUT2D eigenvalue weighted by Gasteiger charge is 2.23. The van der Waals surface area contributed by atoms with Gasteiger partial charge in [-0.2, -0.15) is 0 Å². The van der Waals surface area contributed by atoms with Crippen molar-refractivity contribution < 1.29 is 12.8 Å². The molecule has 0 aromatic carbocycles. The standard InChI is InChI=1S/C10H15FN4O2S/c1-18(16,17)14-9-3-2-4-15(7-9)10-12-5-8(11)6-13-10/h5-6,9,14H,2-4,7H2,1H3. The molecule has 1 aliphatic heterocycles. The fraction of sp³-hybridized carbons (Fsp3) is 0.600. The van der Waals surface area contributed by atoms with E-state index >= 15 is 0 Å². The summed E-state index contributed by atoms with van der Waals surface area (Å²) in [5, 5.41) is 0. The monoisotopic (exact) mass is 274 g/mol. The first kappa shape index (κ1) is 13.2. The number of nitrogens with zero attached hydrogens (tertiary/aromatic N) is 3. The largest absolute Gasteiger partial charge is 0.339 e. The molecule has 100 valence electrons. The molecule has 0 saturated carbocycles. The molecule has 1 saturated heterocycles. The lowest BCUT2D eigenvalue weighted by molar-refractivity contribution is 0.462. The van der Waals surface area contributed by atoms with Gasteiger partial charge in [0.2, 0.25) is 16.0 Å². The SMILES string of the molecule is CS(=O)(=O)NC1CCCN(c2ncc(F)cn2)C1. The predicted molar refractivity (Wildman–Crippen MR) is 65.2 cm³/mol. The van der Waals surface area contributed by atoms with Gasteiger partial charge in [0.15, 0.2) is 5.82 Å². The van der Waals surface area contributed by atoms with Crippen LogP contribution in [-0.4, -0.2) is 43.8 Å². The number of piperidine rings is 1. The molecule has 0 radical (unpaired) electrons. The average Bonchev–Trinajstić information content (AvgIpc) is 2.28. The van der Waals surface area contributed by atoms with Gasteiger partial charge in [0.1, 0.15) is 0 Å². The molecule has 1 unspecified atom stereocenters. The second kappa shape index (κ2) is 5.15. The minimum atomic E-state index is -3.21. The van der Waals surface area contributed by atoms with Crippen LogP contribution in [0.4, 0.5) is 10.3 Å². The Kier molecular flexibility index (Phi) is 3.76. The maximum atomic E-state index is 12.7. The molecule has 0 aliphatic carbocycles. The molecule has 1 N–H and O–H groups in total. The van der Waals surface area contributed by atoms with Crippen LogP contribution in [0.5, 0.6) is 0 Å². The zero-order chi connectivity index (χ0) is 13.2. The van der Waals surface area contributed by atoms with Crippen LogP contribution in [0.1, 0.15) is 12.8 Å². The van der Waals surface area contributed by atoms with Crippen molar-refractivity contribution in [1.29, 1.82) is 0 Å². The van der Waals surface area contributed by atoms with Crippen LogP contribution >= 0.6 is 0 Å². The van der Waals surface area contributed by atoms with Crippen LogP contribution in [0.2, 0.25) is 0 Å². The molecule has 1 atom stereocenters. The van der Waals surface area contributed by atoms with Crippen molar-refractivity contribution in [2.75, 3.05) is 24.2 Å². The summed E-state index contributed by atoms with van der Waals surface area (Å²) in [6, 6.07) is -0.151. The zero-order valence-electron chi connectivity index (χ0n) is 10.0. The van der Waals surface area contributed by atoms with Gasteiger partial charge in [0.05, 0.1) is 18.6 Å². The number of halogens is 1. The van der Waals surface area contributed by atoms with Crippen molar-refractivity contribution in [3.63, 3.8) is 0 Å². The summed E-state index contributed by atoms with van der Waals surface area (Å²) in [5.41, 5.74) is 0. The third-order valence-electron chi connectivity index (χ3n) is 2.69. The van der Waals surface area contributed by atoms with Gasteiger partial charge in [-0.1, -0.05) is 0 Å². The minimum Gasteiger partial charge on any atom is -0.339 e. The second-order valence-corrected chi connectivity index (χ2v) is 6.16. The summed E-state index contributed by atoms with van der Waals surface area (Å²) in [6.07, 6.45) is 4.98. The van der Waals surface area contributed by atoms with Gasteiger partial charge in [-0.3, -0.25) is 0 Å². The van der Waals surface area contributed by atoms with Crippen molar-refractivity contribution >= 4 is 16.0 Å². The summed E-state index contributed by atoms with van der Waals surface area (Å²) in [7, 11) is -3.21. The molecule has 1 aliphatic rings. The number of rotatable bonds is 3. The van der Waals surface area contributed by atoms with Gasteiger partial charge >= 0.3 is 0 Å². The Hall–Kier alpha value is -1.28. The fourth-order valence-corrected chi connectivity index (χ4v) is 2.82. The van der Waals surface area contributed by atoms with Crippen LogP contribution in [-0.2, 0) is 10.0 Å². The first-order valence-corrected chi connectivity index (χ1v) is 7.53. The second-order valence-electron chi connectivity index (χ2n) is 4.38. The Balaban J connectivity index is 2.04. The molecule has 18 heavy (non-hydrogen) atoms. The van der Waals surface area contributed by atoms with E-state index in [2.05, 4.69) is 14.7 Å². The molecule has 0 spiro atoms. The van der Waals surface area contributed by atoms with Crippen LogP contribution in [0.25, 0.3) is 0 Å². The normalized spacial score (nSPS) is 21.0. The third kappa shape index (κ3) is 3.61. The van der Waals surface area contributed by atoms with E-state index in [0.717, 1.165) is 38.0 Å².